The molecule has 1 saturated heterocycles. The molecule has 2 heterocycles. The predicted molar refractivity (Wildman–Crippen MR) is 87.9 cm³/mol. The Balaban J connectivity index is 1.44. The van der Waals surface area contributed by atoms with Crippen molar-refractivity contribution < 1.29 is 9.18 Å². The first-order valence-corrected chi connectivity index (χ1v) is 8.00. The molecule has 1 aliphatic heterocycles. The lowest BCUT2D eigenvalue weighted by Crippen LogP contribution is -2.46. The zero-order chi connectivity index (χ0) is 16.9. The van der Waals surface area contributed by atoms with Gasteiger partial charge in [0.05, 0.1) is 12.2 Å². The van der Waals surface area contributed by atoms with Crippen LogP contribution in [0.25, 0.3) is 0 Å². The molecule has 8 heteroatoms. The van der Waals surface area contributed by atoms with E-state index in [9.17, 15) is 9.18 Å². The third-order valence-corrected chi connectivity index (χ3v) is 4.06. The van der Waals surface area contributed by atoms with Crippen LogP contribution in [0, 0.1) is 5.82 Å². The molecule has 0 unspecified atom stereocenters. The Morgan fingerprint density at radius 3 is 2.75 bits per heavy atom. The molecule has 0 bridgehead atoms. The van der Waals surface area contributed by atoms with Crippen molar-refractivity contribution in [2.75, 3.05) is 18.4 Å². The summed E-state index contributed by atoms with van der Waals surface area (Å²) in [4.78, 5) is 18.0. The lowest BCUT2D eigenvalue weighted by molar-refractivity contribution is 0.183. The van der Waals surface area contributed by atoms with Gasteiger partial charge in [0.1, 0.15) is 12.1 Å². The predicted octanol–water partition coefficient (Wildman–Crippen LogP) is 1.74. The first kappa shape index (κ1) is 16.2. The number of urea groups is 1. The Kier molecular flexibility index (Phi) is 4.93. The van der Waals surface area contributed by atoms with Gasteiger partial charge < -0.3 is 15.5 Å². The topological polar surface area (TPSA) is 75.1 Å². The molecule has 7 nitrogen and oxygen atoms in total. The summed E-state index contributed by atoms with van der Waals surface area (Å²) in [7, 11) is 1.78. The van der Waals surface area contributed by atoms with Crippen LogP contribution >= 0.6 is 0 Å². The molecule has 1 fully saturated rings. The Morgan fingerprint density at radius 2 is 2.08 bits per heavy atom. The van der Waals surface area contributed by atoms with Crippen LogP contribution in [-0.2, 0) is 13.6 Å². The van der Waals surface area contributed by atoms with Crippen molar-refractivity contribution in [1.82, 2.24) is 25.0 Å². The van der Waals surface area contributed by atoms with Gasteiger partial charge in [-0.25, -0.2) is 14.2 Å². The maximum atomic E-state index is 13.7. The first-order valence-electron chi connectivity index (χ1n) is 8.00. The number of nitrogens with one attached hydrogen (secondary N) is 2. The average Bonchev–Trinajstić information content (AvgIpc) is 3.01. The maximum Gasteiger partial charge on any atom is 0.317 e. The van der Waals surface area contributed by atoms with Crippen LogP contribution in [0.15, 0.2) is 30.6 Å². The molecule has 3 rings (SSSR count). The number of benzene rings is 1. The Hall–Kier alpha value is -2.64. The molecular weight excluding hydrogens is 311 g/mol. The number of carbonyl (C=O) groups excluding carboxylic acids is 1. The van der Waals surface area contributed by atoms with E-state index in [-0.39, 0.29) is 17.9 Å². The Morgan fingerprint density at radius 1 is 1.33 bits per heavy atom. The lowest BCUT2D eigenvalue weighted by atomic mass is 10.0. The zero-order valence-electron chi connectivity index (χ0n) is 13.6. The van der Waals surface area contributed by atoms with E-state index >= 15 is 0 Å². The molecule has 1 aromatic carbocycles. The summed E-state index contributed by atoms with van der Waals surface area (Å²) in [5, 5.41) is 10.2. The minimum Gasteiger partial charge on any atom is -0.380 e. The number of hydrogen-bond acceptors (Lipinski definition) is 4. The fourth-order valence-corrected chi connectivity index (χ4v) is 2.76. The fourth-order valence-electron chi connectivity index (χ4n) is 2.76. The summed E-state index contributed by atoms with van der Waals surface area (Å²) in [6.45, 7) is 1.58. The molecule has 1 aromatic heterocycles. The summed E-state index contributed by atoms with van der Waals surface area (Å²) in [6.07, 6.45) is 3.16. The summed E-state index contributed by atoms with van der Waals surface area (Å²) in [5.41, 5.74) is 0.515. The number of aromatic nitrogens is 3. The number of rotatable bonds is 4. The zero-order valence-corrected chi connectivity index (χ0v) is 13.6. The first-order chi connectivity index (χ1) is 11.6. The van der Waals surface area contributed by atoms with Gasteiger partial charge in [-0.15, -0.1) is 0 Å². The second-order valence-electron chi connectivity index (χ2n) is 5.88. The van der Waals surface area contributed by atoms with Crippen LogP contribution in [0.1, 0.15) is 18.7 Å². The normalized spacial score (nSPS) is 15.3. The van der Waals surface area contributed by atoms with E-state index in [4.69, 9.17) is 0 Å². The number of anilines is 1. The van der Waals surface area contributed by atoms with Gasteiger partial charge >= 0.3 is 6.03 Å². The van der Waals surface area contributed by atoms with Gasteiger partial charge in [0.15, 0.2) is 5.82 Å². The van der Waals surface area contributed by atoms with Crippen LogP contribution in [-0.4, -0.2) is 44.8 Å². The van der Waals surface area contributed by atoms with Crippen molar-refractivity contribution in [2.45, 2.75) is 25.4 Å². The number of piperidine rings is 1. The molecule has 24 heavy (non-hydrogen) atoms. The molecule has 0 atom stereocenters. The number of carbonyl (C=O) groups is 1. The van der Waals surface area contributed by atoms with Crippen molar-refractivity contribution >= 4 is 11.7 Å². The molecule has 0 spiro atoms. The van der Waals surface area contributed by atoms with Crippen molar-refractivity contribution in [3.05, 3.63) is 42.2 Å². The minimum atomic E-state index is -0.250. The number of para-hydroxylation sites is 1. The van der Waals surface area contributed by atoms with E-state index in [0.717, 1.165) is 12.8 Å². The van der Waals surface area contributed by atoms with Crippen molar-refractivity contribution in [3.63, 3.8) is 0 Å². The molecule has 0 saturated carbocycles. The molecular formula is C16H21FN6O. The standard InChI is InChI=1S/C16H21FN6O/c1-22-11-19-15(21-22)10-18-16(24)23-8-6-12(7-9-23)20-14-5-3-2-4-13(14)17/h2-5,11-12,20H,6-10H2,1H3,(H,18,24). The lowest BCUT2D eigenvalue weighted by Gasteiger charge is -2.32. The van der Waals surface area contributed by atoms with Gasteiger partial charge in [0.2, 0.25) is 0 Å². The van der Waals surface area contributed by atoms with E-state index in [0.29, 0.717) is 31.1 Å². The van der Waals surface area contributed by atoms with Crippen molar-refractivity contribution in [1.29, 1.82) is 0 Å². The molecule has 2 amide bonds. The summed E-state index contributed by atoms with van der Waals surface area (Å²) < 4.78 is 15.3. The van der Waals surface area contributed by atoms with Crippen LogP contribution < -0.4 is 10.6 Å². The van der Waals surface area contributed by atoms with Gasteiger partial charge in [-0.2, -0.15) is 5.10 Å². The van der Waals surface area contributed by atoms with Crippen LogP contribution in [0.4, 0.5) is 14.9 Å². The van der Waals surface area contributed by atoms with Gasteiger partial charge in [0, 0.05) is 26.2 Å². The summed E-state index contributed by atoms with van der Waals surface area (Å²) in [6, 6.07) is 6.70. The number of hydrogen-bond donors (Lipinski definition) is 2. The number of nitrogens with zero attached hydrogens (tertiary/aromatic N) is 4. The molecule has 0 aliphatic carbocycles. The average molecular weight is 332 g/mol. The number of aryl methyl sites for hydroxylation is 1. The molecule has 128 valence electrons. The number of amides is 2. The van der Waals surface area contributed by atoms with Crippen LogP contribution in [0.5, 0.6) is 0 Å². The highest BCUT2D eigenvalue weighted by Crippen LogP contribution is 2.19. The Bertz CT molecular complexity index is 695. The van der Waals surface area contributed by atoms with E-state index in [1.807, 2.05) is 0 Å². The maximum absolute atomic E-state index is 13.7. The summed E-state index contributed by atoms with van der Waals surface area (Å²) in [5.74, 6) is 0.336. The highest BCUT2D eigenvalue weighted by Gasteiger charge is 2.23. The SMILES string of the molecule is Cn1cnc(CNC(=O)N2CCC(Nc3ccccc3F)CC2)n1. The molecule has 1 aliphatic rings. The second-order valence-corrected chi connectivity index (χ2v) is 5.88. The van der Waals surface area contributed by atoms with E-state index < -0.39 is 0 Å². The third-order valence-electron chi connectivity index (χ3n) is 4.06. The Labute approximate surface area is 139 Å². The minimum absolute atomic E-state index is 0.119. The monoisotopic (exact) mass is 332 g/mol. The van der Waals surface area contributed by atoms with Gasteiger partial charge in [-0.3, -0.25) is 4.68 Å². The second kappa shape index (κ2) is 7.29. The van der Waals surface area contributed by atoms with Crippen LogP contribution in [0.2, 0.25) is 0 Å². The largest absolute Gasteiger partial charge is 0.380 e. The molecule has 2 aromatic rings. The molecule has 2 N–H and O–H groups in total. The fraction of sp³-hybridized carbons (Fsp3) is 0.438. The number of halogens is 1. The number of likely N-dealkylation sites (tertiary alicyclic amines) is 1. The van der Waals surface area contributed by atoms with Gasteiger partial charge in [0.25, 0.3) is 0 Å². The summed E-state index contributed by atoms with van der Waals surface area (Å²) >= 11 is 0. The van der Waals surface area contributed by atoms with E-state index in [1.54, 1.807) is 41.2 Å². The van der Waals surface area contributed by atoms with E-state index in [2.05, 4.69) is 20.7 Å². The smallest absolute Gasteiger partial charge is 0.317 e. The van der Waals surface area contributed by atoms with Gasteiger partial charge in [-0.05, 0) is 25.0 Å². The third kappa shape index (κ3) is 4.01. The van der Waals surface area contributed by atoms with Gasteiger partial charge in [-0.1, -0.05) is 12.1 Å². The molecule has 0 radical (unpaired) electrons. The highest BCUT2D eigenvalue weighted by molar-refractivity contribution is 5.74. The van der Waals surface area contributed by atoms with E-state index in [1.165, 1.54) is 6.07 Å². The van der Waals surface area contributed by atoms with Crippen molar-refractivity contribution in [2.24, 2.45) is 7.05 Å². The quantitative estimate of drug-likeness (QED) is 0.894. The highest BCUT2D eigenvalue weighted by atomic mass is 19.1. The van der Waals surface area contributed by atoms with Crippen LogP contribution in [0.3, 0.4) is 0 Å². The van der Waals surface area contributed by atoms with Crippen molar-refractivity contribution in [3.8, 4) is 0 Å².